The van der Waals surface area contributed by atoms with E-state index in [1.54, 1.807) is 18.4 Å². The lowest BCUT2D eigenvalue weighted by atomic mass is 9.99. The average molecular weight is 242 g/mol. The van der Waals surface area contributed by atoms with E-state index in [9.17, 15) is 0 Å². The summed E-state index contributed by atoms with van der Waals surface area (Å²) in [7, 11) is 1.74. The van der Waals surface area contributed by atoms with Gasteiger partial charge in [0.15, 0.2) is 0 Å². The van der Waals surface area contributed by atoms with Crippen molar-refractivity contribution in [1.82, 2.24) is 10.3 Å². The molecule has 1 aromatic rings. The molecular formula is C12H22N2OS. The first-order chi connectivity index (χ1) is 7.86. The zero-order valence-electron chi connectivity index (χ0n) is 10.2. The van der Waals surface area contributed by atoms with Crippen molar-refractivity contribution in [2.24, 2.45) is 5.92 Å². The maximum Gasteiger partial charge on any atom is 0.0794 e. The summed E-state index contributed by atoms with van der Waals surface area (Å²) in [5.74, 6) is 0.724. The number of rotatable bonds is 9. The average Bonchev–Trinajstić information content (AvgIpc) is 2.77. The summed E-state index contributed by atoms with van der Waals surface area (Å²) >= 11 is 1.76. The summed E-state index contributed by atoms with van der Waals surface area (Å²) in [6.07, 6.45) is 5.66. The van der Waals surface area contributed by atoms with E-state index in [1.807, 2.05) is 11.7 Å². The molecule has 0 saturated heterocycles. The molecule has 1 atom stereocenters. The first-order valence-electron chi connectivity index (χ1n) is 5.93. The highest BCUT2D eigenvalue weighted by atomic mass is 32.1. The monoisotopic (exact) mass is 242 g/mol. The second-order valence-electron chi connectivity index (χ2n) is 4.02. The van der Waals surface area contributed by atoms with Gasteiger partial charge in [-0.3, -0.25) is 4.98 Å². The molecule has 0 radical (unpaired) electrons. The Hall–Kier alpha value is -0.450. The molecule has 0 fully saturated rings. The molecular weight excluding hydrogens is 220 g/mol. The minimum atomic E-state index is 0.724. The Balaban J connectivity index is 2.24. The van der Waals surface area contributed by atoms with Gasteiger partial charge in [0.2, 0.25) is 0 Å². The van der Waals surface area contributed by atoms with Crippen molar-refractivity contribution in [3.05, 3.63) is 16.6 Å². The molecule has 0 saturated carbocycles. The number of nitrogens with one attached hydrogen (secondary N) is 1. The fourth-order valence-corrected chi connectivity index (χ4v) is 2.50. The Kier molecular flexibility index (Phi) is 7.38. The molecule has 0 aromatic carbocycles. The predicted molar refractivity (Wildman–Crippen MR) is 69.0 cm³/mol. The molecule has 1 heterocycles. The highest BCUT2D eigenvalue weighted by Crippen LogP contribution is 2.16. The van der Waals surface area contributed by atoms with E-state index in [2.05, 4.69) is 17.2 Å². The van der Waals surface area contributed by atoms with Gasteiger partial charge < -0.3 is 10.1 Å². The van der Waals surface area contributed by atoms with E-state index in [0.717, 1.165) is 32.0 Å². The second-order valence-corrected chi connectivity index (χ2v) is 4.99. The molecule has 0 bridgehead atoms. The summed E-state index contributed by atoms with van der Waals surface area (Å²) in [5, 5.41) is 3.44. The van der Waals surface area contributed by atoms with Crippen molar-refractivity contribution in [2.75, 3.05) is 26.8 Å². The fraction of sp³-hybridized carbons (Fsp3) is 0.750. The van der Waals surface area contributed by atoms with Crippen LogP contribution >= 0.6 is 11.3 Å². The van der Waals surface area contributed by atoms with Crippen LogP contribution in [0.1, 0.15) is 24.6 Å². The van der Waals surface area contributed by atoms with Crippen molar-refractivity contribution in [2.45, 2.75) is 26.2 Å². The standard InChI is InChI=1S/C12H22N2OS/c1-3-4-11(8-13-5-6-15-2)7-12-9-14-10-16-12/h9-11,13H,3-8H2,1-2H3. The molecule has 0 aliphatic rings. The summed E-state index contributed by atoms with van der Waals surface area (Å²) in [6, 6.07) is 0. The molecule has 4 heteroatoms. The number of hydrogen-bond acceptors (Lipinski definition) is 4. The van der Waals surface area contributed by atoms with Crippen molar-refractivity contribution in [3.8, 4) is 0 Å². The van der Waals surface area contributed by atoms with Crippen LogP contribution in [0.25, 0.3) is 0 Å². The molecule has 0 aliphatic carbocycles. The van der Waals surface area contributed by atoms with Crippen LogP contribution in [0.5, 0.6) is 0 Å². The molecule has 1 aromatic heterocycles. The van der Waals surface area contributed by atoms with Gasteiger partial charge in [0, 0.05) is 24.7 Å². The molecule has 0 amide bonds. The normalized spacial score (nSPS) is 12.9. The third kappa shape index (κ3) is 5.58. The largest absolute Gasteiger partial charge is 0.383 e. The summed E-state index contributed by atoms with van der Waals surface area (Å²) < 4.78 is 5.02. The van der Waals surface area contributed by atoms with Crippen LogP contribution in [-0.4, -0.2) is 31.8 Å². The number of methoxy groups -OCH3 is 1. The number of ether oxygens (including phenoxy) is 1. The Morgan fingerprint density at radius 3 is 3.06 bits per heavy atom. The van der Waals surface area contributed by atoms with Crippen LogP contribution in [0.3, 0.4) is 0 Å². The van der Waals surface area contributed by atoms with Crippen molar-refractivity contribution in [3.63, 3.8) is 0 Å². The van der Waals surface area contributed by atoms with Gasteiger partial charge in [-0.1, -0.05) is 13.3 Å². The van der Waals surface area contributed by atoms with Crippen LogP contribution in [0, 0.1) is 5.92 Å². The van der Waals surface area contributed by atoms with Gasteiger partial charge in [-0.2, -0.15) is 0 Å². The third-order valence-electron chi connectivity index (χ3n) is 2.59. The SMILES string of the molecule is CCCC(CNCCOC)Cc1cncs1. The topological polar surface area (TPSA) is 34.1 Å². The summed E-state index contributed by atoms with van der Waals surface area (Å²) in [5.41, 5.74) is 1.91. The Morgan fingerprint density at radius 2 is 2.44 bits per heavy atom. The lowest BCUT2D eigenvalue weighted by molar-refractivity contribution is 0.197. The number of thiazole rings is 1. The Labute approximate surface area is 102 Å². The van der Waals surface area contributed by atoms with Crippen LogP contribution < -0.4 is 5.32 Å². The van der Waals surface area contributed by atoms with Crippen LogP contribution in [-0.2, 0) is 11.2 Å². The highest BCUT2D eigenvalue weighted by Gasteiger charge is 2.09. The Morgan fingerprint density at radius 1 is 1.56 bits per heavy atom. The van der Waals surface area contributed by atoms with Crippen molar-refractivity contribution < 1.29 is 4.74 Å². The zero-order valence-corrected chi connectivity index (χ0v) is 11.1. The maximum atomic E-state index is 5.02. The third-order valence-corrected chi connectivity index (χ3v) is 3.39. The van der Waals surface area contributed by atoms with Gasteiger partial charge in [-0.15, -0.1) is 11.3 Å². The number of aromatic nitrogens is 1. The summed E-state index contributed by atoms with van der Waals surface area (Å²) in [6.45, 7) is 5.06. The minimum absolute atomic E-state index is 0.724. The number of hydrogen-bond donors (Lipinski definition) is 1. The van der Waals surface area contributed by atoms with Crippen molar-refractivity contribution in [1.29, 1.82) is 0 Å². The van der Waals surface area contributed by atoms with Gasteiger partial charge >= 0.3 is 0 Å². The molecule has 16 heavy (non-hydrogen) atoms. The van der Waals surface area contributed by atoms with Crippen LogP contribution in [0.2, 0.25) is 0 Å². The fourth-order valence-electron chi connectivity index (χ4n) is 1.79. The van der Waals surface area contributed by atoms with E-state index < -0.39 is 0 Å². The summed E-state index contributed by atoms with van der Waals surface area (Å²) in [4.78, 5) is 5.52. The smallest absolute Gasteiger partial charge is 0.0794 e. The minimum Gasteiger partial charge on any atom is -0.383 e. The highest BCUT2D eigenvalue weighted by molar-refractivity contribution is 7.09. The van der Waals surface area contributed by atoms with E-state index in [0.29, 0.717) is 0 Å². The van der Waals surface area contributed by atoms with Crippen molar-refractivity contribution >= 4 is 11.3 Å². The lowest BCUT2D eigenvalue weighted by Crippen LogP contribution is -2.27. The van der Waals surface area contributed by atoms with Gasteiger partial charge in [0.1, 0.15) is 0 Å². The van der Waals surface area contributed by atoms with Gasteiger partial charge in [0.25, 0.3) is 0 Å². The van der Waals surface area contributed by atoms with Crippen LogP contribution in [0.15, 0.2) is 11.7 Å². The Bertz CT molecular complexity index is 252. The first kappa shape index (κ1) is 13.6. The molecule has 3 nitrogen and oxygen atoms in total. The molecule has 0 aliphatic heterocycles. The lowest BCUT2D eigenvalue weighted by Gasteiger charge is -2.15. The second kappa shape index (κ2) is 8.67. The van der Waals surface area contributed by atoms with E-state index in [-0.39, 0.29) is 0 Å². The molecule has 0 spiro atoms. The van der Waals surface area contributed by atoms with Gasteiger partial charge in [-0.05, 0) is 25.3 Å². The first-order valence-corrected chi connectivity index (χ1v) is 6.81. The molecule has 1 unspecified atom stereocenters. The molecule has 92 valence electrons. The zero-order chi connectivity index (χ0) is 11.6. The molecule has 1 N–H and O–H groups in total. The van der Waals surface area contributed by atoms with E-state index in [4.69, 9.17) is 4.74 Å². The maximum absolute atomic E-state index is 5.02. The van der Waals surface area contributed by atoms with Gasteiger partial charge in [0.05, 0.1) is 12.1 Å². The number of nitrogens with zero attached hydrogens (tertiary/aromatic N) is 1. The molecule has 1 rings (SSSR count). The quantitative estimate of drug-likeness (QED) is 0.675. The predicted octanol–water partition coefficient (Wildman–Crippen LogP) is 2.34. The van der Waals surface area contributed by atoms with E-state index in [1.165, 1.54) is 17.7 Å². The van der Waals surface area contributed by atoms with Crippen LogP contribution in [0.4, 0.5) is 0 Å². The van der Waals surface area contributed by atoms with Gasteiger partial charge in [-0.25, -0.2) is 0 Å². The van der Waals surface area contributed by atoms with E-state index >= 15 is 0 Å².